The minimum atomic E-state index is 0.463. The highest BCUT2D eigenvalue weighted by Crippen LogP contribution is 2.31. The van der Waals surface area contributed by atoms with Gasteiger partial charge < -0.3 is 13.9 Å². The van der Waals surface area contributed by atoms with E-state index in [1.165, 1.54) is 0 Å². The van der Waals surface area contributed by atoms with Crippen molar-refractivity contribution in [3.8, 4) is 23.0 Å². The van der Waals surface area contributed by atoms with Gasteiger partial charge in [-0.3, -0.25) is 0 Å². The summed E-state index contributed by atoms with van der Waals surface area (Å²) < 4.78 is 16.1. The fourth-order valence-electron chi connectivity index (χ4n) is 1.29. The number of halogens is 1. The maximum atomic E-state index is 5.31. The summed E-state index contributed by atoms with van der Waals surface area (Å²) in [6.07, 6.45) is 0. The molecule has 0 bridgehead atoms. The maximum absolute atomic E-state index is 5.31. The predicted molar refractivity (Wildman–Crippen MR) is 65.6 cm³/mol. The number of nitrogens with zero attached hydrogens (tertiary/aromatic N) is 2. The van der Waals surface area contributed by atoms with Crippen molar-refractivity contribution in [2.75, 3.05) is 14.2 Å². The van der Waals surface area contributed by atoms with Gasteiger partial charge in [0.25, 0.3) is 3.90 Å². The van der Waals surface area contributed by atoms with Crippen LogP contribution >= 0.6 is 22.6 Å². The van der Waals surface area contributed by atoms with Gasteiger partial charge in [-0.15, -0.1) is 10.2 Å². The molecule has 0 unspecified atom stereocenters. The van der Waals surface area contributed by atoms with E-state index in [-0.39, 0.29) is 0 Å². The molecule has 6 heteroatoms. The Hall–Kier alpha value is -1.31. The summed E-state index contributed by atoms with van der Waals surface area (Å²) in [5, 5.41) is 7.69. The van der Waals surface area contributed by atoms with Crippen LogP contribution in [0.1, 0.15) is 0 Å². The Kier molecular flexibility index (Phi) is 3.28. The smallest absolute Gasteiger partial charge is 0.278 e. The Bertz CT molecular complexity index is 499. The van der Waals surface area contributed by atoms with Crippen molar-refractivity contribution < 1.29 is 13.9 Å². The number of ether oxygens (including phenoxy) is 2. The number of aromatic nitrogens is 2. The molecule has 2 rings (SSSR count). The molecule has 0 aliphatic rings. The van der Waals surface area contributed by atoms with Gasteiger partial charge in [0.05, 0.1) is 14.2 Å². The Labute approximate surface area is 106 Å². The van der Waals surface area contributed by atoms with Crippen LogP contribution in [-0.4, -0.2) is 24.4 Å². The highest BCUT2D eigenvalue weighted by molar-refractivity contribution is 14.1. The van der Waals surface area contributed by atoms with E-state index in [1.54, 1.807) is 26.4 Å². The van der Waals surface area contributed by atoms with Crippen LogP contribution in [0.2, 0.25) is 0 Å². The molecular formula is C10H9IN2O3. The number of methoxy groups -OCH3 is 2. The largest absolute Gasteiger partial charge is 0.493 e. The van der Waals surface area contributed by atoms with Gasteiger partial charge in [-0.05, 0) is 18.2 Å². The van der Waals surface area contributed by atoms with Crippen molar-refractivity contribution in [3.05, 3.63) is 22.1 Å². The van der Waals surface area contributed by atoms with E-state index in [4.69, 9.17) is 13.9 Å². The van der Waals surface area contributed by atoms with Gasteiger partial charge in [0.15, 0.2) is 11.5 Å². The summed E-state index contributed by atoms with van der Waals surface area (Å²) in [7, 11) is 3.17. The van der Waals surface area contributed by atoms with Crippen molar-refractivity contribution in [2.24, 2.45) is 0 Å². The molecule has 16 heavy (non-hydrogen) atoms. The van der Waals surface area contributed by atoms with Crippen LogP contribution in [0.15, 0.2) is 22.6 Å². The lowest BCUT2D eigenvalue weighted by Crippen LogP contribution is -1.90. The van der Waals surface area contributed by atoms with Crippen LogP contribution < -0.4 is 9.47 Å². The topological polar surface area (TPSA) is 57.4 Å². The van der Waals surface area contributed by atoms with Crippen LogP contribution in [0.3, 0.4) is 0 Å². The lowest BCUT2D eigenvalue weighted by atomic mass is 10.2. The summed E-state index contributed by atoms with van der Waals surface area (Å²) in [6, 6.07) is 5.43. The molecule has 0 N–H and O–H groups in total. The lowest BCUT2D eigenvalue weighted by molar-refractivity contribution is 0.355. The number of hydrogen-bond donors (Lipinski definition) is 0. The van der Waals surface area contributed by atoms with E-state index in [9.17, 15) is 0 Å². The van der Waals surface area contributed by atoms with Crippen molar-refractivity contribution in [2.45, 2.75) is 0 Å². The van der Waals surface area contributed by atoms with E-state index in [0.29, 0.717) is 21.3 Å². The molecule has 0 radical (unpaired) electrons. The zero-order valence-electron chi connectivity index (χ0n) is 8.73. The summed E-state index contributed by atoms with van der Waals surface area (Å²) in [5.41, 5.74) is 0.799. The molecule has 0 spiro atoms. The molecule has 0 saturated carbocycles. The molecular weight excluding hydrogens is 323 g/mol. The first-order chi connectivity index (χ1) is 7.74. The van der Waals surface area contributed by atoms with Crippen LogP contribution in [0.5, 0.6) is 11.5 Å². The van der Waals surface area contributed by atoms with Gasteiger partial charge in [-0.2, -0.15) is 0 Å². The van der Waals surface area contributed by atoms with E-state index in [1.807, 2.05) is 28.7 Å². The van der Waals surface area contributed by atoms with Gasteiger partial charge in [0, 0.05) is 28.2 Å². The first-order valence-electron chi connectivity index (χ1n) is 4.46. The van der Waals surface area contributed by atoms with Crippen LogP contribution in [-0.2, 0) is 0 Å². The second kappa shape index (κ2) is 4.69. The number of benzene rings is 1. The van der Waals surface area contributed by atoms with E-state index >= 15 is 0 Å². The highest BCUT2D eigenvalue weighted by Gasteiger charge is 2.10. The average molecular weight is 332 g/mol. The standard InChI is InChI=1S/C10H9IN2O3/c1-14-7-4-3-6(5-8(7)15-2)9-12-13-10(11)16-9/h3-5H,1-2H3. The van der Waals surface area contributed by atoms with Crippen molar-refractivity contribution in [1.29, 1.82) is 0 Å². The fourth-order valence-corrected chi connectivity index (χ4v) is 1.61. The second-order valence-corrected chi connectivity index (χ2v) is 3.85. The Morgan fingerprint density at radius 3 is 2.44 bits per heavy atom. The highest BCUT2D eigenvalue weighted by atomic mass is 127. The molecule has 0 fully saturated rings. The van der Waals surface area contributed by atoms with Gasteiger partial charge in [-0.25, -0.2) is 0 Å². The Morgan fingerprint density at radius 2 is 1.88 bits per heavy atom. The molecule has 0 amide bonds. The first-order valence-corrected chi connectivity index (χ1v) is 5.54. The Morgan fingerprint density at radius 1 is 1.12 bits per heavy atom. The van der Waals surface area contributed by atoms with Crippen molar-refractivity contribution in [3.63, 3.8) is 0 Å². The van der Waals surface area contributed by atoms with E-state index < -0.39 is 0 Å². The zero-order chi connectivity index (χ0) is 11.5. The van der Waals surface area contributed by atoms with E-state index in [0.717, 1.165) is 5.56 Å². The first kappa shape index (κ1) is 11.2. The van der Waals surface area contributed by atoms with Crippen molar-refractivity contribution >= 4 is 22.6 Å². The third kappa shape index (κ3) is 2.11. The SMILES string of the molecule is COc1ccc(-c2nnc(I)o2)cc1OC. The molecule has 1 heterocycles. The molecule has 5 nitrogen and oxygen atoms in total. The molecule has 2 aromatic rings. The number of hydrogen-bond acceptors (Lipinski definition) is 5. The van der Waals surface area contributed by atoms with Gasteiger partial charge >= 0.3 is 0 Å². The van der Waals surface area contributed by atoms with Crippen LogP contribution in [0.25, 0.3) is 11.5 Å². The molecule has 0 atom stereocenters. The summed E-state index contributed by atoms with van der Waals surface area (Å²) in [4.78, 5) is 0. The molecule has 1 aromatic carbocycles. The van der Waals surface area contributed by atoms with Crippen LogP contribution in [0.4, 0.5) is 0 Å². The molecule has 0 aliphatic heterocycles. The Balaban J connectivity index is 2.43. The normalized spacial score (nSPS) is 10.2. The monoisotopic (exact) mass is 332 g/mol. The van der Waals surface area contributed by atoms with Gasteiger partial charge in [-0.1, -0.05) is 0 Å². The predicted octanol–water partition coefficient (Wildman–Crippen LogP) is 2.36. The summed E-state index contributed by atoms with van der Waals surface area (Å²) >= 11 is 1.96. The third-order valence-electron chi connectivity index (χ3n) is 2.03. The summed E-state index contributed by atoms with van der Waals surface area (Å²) in [6.45, 7) is 0. The van der Waals surface area contributed by atoms with Gasteiger partial charge in [0.2, 0.25) is 5.89 Å². The zero-order valence-corrected chi connectivity index (χ0v) is 10.9. The maximum Gasteiger partial charge on any atom is 0.278 e. The fraction of sp³-hybridized carbons (Fsp3) is 0.200. The molecule has 84 valence electrons. The van der Waals surface area contributed by atoms with Crippen molar-refractivity contribution in [1.82, 2.24) is 10.2 Å². The quantitative estimate of drug-likeness (QED) is 0.808. The van der Waals surface area contributed by atoms with Gasteiger partial charge in [0.1, 0.15) is 0 Å². The summed E-state index contributed by atoms with van der Waals surface area (Å²) in [5.74, 6) is 1.76. The average Bonchev–Trinajstić information content (AvgIpc) is 2.75. The molecule has 0 saturated heterocycles. The second-order valence-electron chi connectivity index (χ2n) is 2.93. The van der Waals surface area contributed by atoms with Crippen LogP contribution in [0, 0.1) is 3.90 Å². The molecule has 1 aromatic heterocycles. The minimum Gasteiger partial charge on any atom is -0.493 e. The minimum absolute atomic E-state index is 0.463. The third-order valence-corrected chi connectivity index (χ3v) is 2.47. The van der Waals surface area contributed by atoms with E-state index in [2.05, 4.69) is 10.2 Å². The number of rotatable bonds is 3. The lowest BCUT2D eigenvalue weighted by Gasteiger charge is -2.07. The molecule has 0 aliphatic carbocycles.